The molecular weight excluding hydrogens is 398 g/mol. The quantitative estimate of drug-likeness (QED) is 0.370. The molecule has 1 aliphatic carbocycles. The molecule has 0 aromatic carbocycles. The normalized spacial score (nSPS) is 23.8. The summed E-state index contributed by atoms with van der Waals surface area (Å²) in [6.07, 6.45) is 6.48. The van der Waals surface area contributed by atoms with E-state index < -0.39 is 17.8 Å². The number of carbonyl (C=O) groups excluding carboxylic acids is 1. The van der Waals surface area contributed by atoms with Crippen LogP contribution in [-0.2, 0) is 9.53 Å². The zero-order chi connectivity index (χ0) is 22.0. The zero-order valence-corrected chi connectivity index (χ0v) is 17.6. The lowest BCUT2D eigenvalue weighted by Crippen LogP contribution is -2.54. The molecule has 3 heterocycles. The molecule has 2 aliphatic heterocycles. The monoisotopic (exact) mass is 425 g/mol. The summed E-state index contributed by atoms with van der Waals surface area (Å²) < 4.78 is 10.7. The predicted octanol–water partition coefficient (Wildman–Crippen LogP) is -0.163. The Morgan fingerprint density at radius 1 is 1.48 bits per heavy atom. The predicted molar refractivity (Wildman–Crippen MR) is 114 cm³/mol. The third-order valence-corrected chi connectivity index (χ3v) is 6.18. The summed E-state index contributed by atoms with van der Waals surface area (Å²) in [6, 6.07) is 3.85. The van der Waals surface area contributed by atoms with Crippen LogP contribution in [0.25, 0.3) is 17.7 Å². The van der Waals surface area contributed by atoms with Crippen LogP contribution >= 0.6 is 0 Å². The average Bonchev–Trinajstić information content (AvgIpc) is 2.77. The highest BCUT2D eigenvalue weighted by molar-refractivity contribution is 6.01. The average molecular weight is 425 g/mol. The van der Waals surface area contributed by atoms with Gasteiger partial charge in [-0.2, -0.15) is 5.26 Å². The maximum atomic E-state index is 12.7. The van der Waals surface area contributed by atoms with Gasteiger partial charge < -0.3 is 19.6 Å². The Bertz CT molecular complexity index is 1110. The number of nitrogens with one attached hydrogen (secondary N) is 1. The number of nitrogens with zero attached hydrogens (tertiary/aromatic N) is 2. The Labute approximate surface area is 180 Å². The fraction of sp³-hybridized carbons (Fsp3) is 0.522. The maximum absolute atomic E-state index is 12.7. The van der Waals surface area contributed by atoms with E-state index in [1.807, 2.05) is 6.07 Å². The summed E-state index contributed by atoms with van der Waals surface area (Å²) in [5.74, 6) is -0.299. The van der Waals surface area contributed by atoms with Crippen molar-refractivity contribution in [2.45, 2.75) is 44.9 Å². The van der Waals surface area contributed by atoms with Crippen LogP contribution in [0.4, 0.5) is 0 Å². The molecule has 31 heavy (non-hydrogen) atoms. The molecule has 2 N–H and O–H groups in total. The molecule has 2 fully saturated rings. The highest BCUT2D eigenvalue weighted by Crippen LogP contribution is 2.36. The summed E-state index contributed by atoms with van der Waals surface area (Å²) >= 11 is 0. The van der Waals surface area contributed by atoms with Crippen LogP contribution in [0, 0.1) is 17.2 Å². The van der Waals surface area contributed by atoms with Gasteiger partial charge in [-0.15, -0.1) is 0 Å². The molecule has 4 rings (SSSR count). The summed E-state index contributed by atoms with van der Waals surface area (Å²) in [5.41, 5.74) is 1.20. The fourth-order valence-electron chi connectivity index (χ4n) is 4.91. The van der Waals surface area contributed by atoms with Gasteiger partial charge >= 0.3 is 5.63 Å². The van der Waals surface area contributed by atoms with Crippen LogP contribution in [-0.4, -0.2) is 54.5 Å². The van der Waals surface area contributed by atoms with Crippen LogP contribution in [0.1, 0.15) is 38.2 Å². The molecule has 1 aromatic heterocycles. The van der Waals surface area contributed by atoms with E-state index in [4.69, 9.17) is 9.15 Å². The Hall–Kier alpha value is -2.73. The van der Waals surface area contributed by atoms with E-state index in [2.05, 4.69) is 16.3 Å². The largest absolute Gasteiger partial charge is 0.422 e. The van der Waals surface area contributed by atoms with Crippen molar-refractivity contribution in [1.82, 2.24) is 10.2 Å². The van der Waals surface area contributed by atoms with Crippen LogP contribution in [0.2, 0.25) is 0 Å². The minimum atomic E-state index is -1.16. The lowest BCUT2D eigenvalue weighted by molar-refractivity contribution is -0.122. The van der Waals surface area contributed by atoms with Gasteiger partial charge in [0.2, 0.25) is 0 Å². The van der Waals surface area contributed by atoms with Crippen LogP contribution in [0.5, 0.6) is 0 Å². The van der Waals surface area contributed by atoms with Crippen LogP contribution in [0.15, 0.2) is 20.9 Å². The first-order chi connectivity index (χ1) is 15.0. The summed E-state index contributed by atoms with van der Waals surface area (Å²) in [7, 11) is 0. The molecule has 3 atom stereocenters. The second-order valence-electron chi connectivity index (χ2n) is 8.15. The van der Waals surface area contributed by atoms with Crippen molar-refractivity contribution in [2.24, 2.45) is 5.92 Å². The fourth-order valence-corrected chi connectivity index (χ4v) is 4.91. The smallest absolute Gasteiger partial charge is 0.343 e. The maximum Gasteiger partial charge on any atom is 0.343 e. The SMILES string of the molecule is CCOC(O)CNC(=O)C(C#N)=Cc1cc2c(oc1=O)=C1CCCN3CCCC(C=2)C13. The van der Waals surface area contributed by atoms with Gasteiger partial charge in [0.25, 0.3) is 5.91 Å². The highest BCUT2D eigenvalue weighted by atomic mass is 16.6. The van der Waals surface area contributed by atoms with Crippen molar-refractivity contribution < 1.29 is 19.1 Å². The number of nitriles is 1. The van der Waals surface area contributed by atoms with Gasteiger partial charge in [-0.25, -0.2) is 4.79 Å². The lowest BCUT2D eigenvalue weighted by atomic mass is 9.77. The molecule has 3 unspecified atom stereocenters. The summed E-state index contributed by atoms with van der Waals surface area (Å²) in [4.78, 5) is 27.5. The minimum absolute atomic E-state index is 0.157. The number of ether oxygens (including phenoxy) is 1. The van der Waals surface area contributed by atoms with Gasteiger partial charge in [0.05, 0.1) is 12.1 Å². The van der Waals surface area contributed by atoms with Crippen molar-refractivity contribution >= 4 is 23.6 Å². The molecule has 8 heteroatoms. The third-order valence-electron chi connectivity index (χ3n) is 6.18. The topological polar surface area (TPSA) is 116 Å². The Balaban J connectivity index is 1.67. The number of amides is 1. The van der Waals surface area contributed by atoms with E-state index in [1.54, 1.807) is 13.0 Å². The van der Waals surface area contributed by atoms with Crippen molar-refractivity contribution in [3.05, 3.63) is 38.3 Å². The summed E-state index contributed by atoms with van der Waals surface area (Å²) in [5, 5.41) is 22.3. The van der Waals surface area contributed by atoms with Crippen molar-refractivity contribution in [2.75, 3.05) is 26.2 Å². The molecular formula is C23H27N3O5. The number of rotatable bonds is 6. The molecule has 0 radical (unpaired) electrons. The number of fused-ring (bicyclic) bond motifs is 1. The van der Waals surface area contributed by atoms with Crippen molar-refractivity contribution in [3.63, 3.8) is 0 Å². The van der Waals surface area contributed by atoms with E-state index in [0.29, 0.717) is 24.0 Å². The van der Waals surface area contributed by atoms with Gasteiger partial charge in [0.15, 0.2) is 6.29 Å². The van der Waals surface area contributed by atoms with Gasteiger partial charge in [-0.3, -0.25) is 9.69 Å². The Morgan fingerprint density at radius 3 is 3.06 bits per heavy atom. The number of hydrogen-bond donors (Lipinski definition) is 2. The number of aliphatic hydroxyl groups is 1. The Morgan fingerprint density at radius 2 is 2.29 bits per heavy atom. The first kappa shape index (κ1) is 21.5. The van der Waals surface area contributed by atoms with Gasteiger partial charge in [-0.05, 0) is 69.3 Å². The number of aliphatic hydroxyl groups excluding tert-OH is 1. The molecule has 164 valence electrons. The molecule has 0 spiro atoms. The molecule has 2 saturated heterocycles. The van der Waals surface area contributed by atoms with E-state index in [-0.39, 0.29) is 17.7 Å². The van der Waals surface area contributed by atoms with Gasteiger partial charge in [0.1, 0.15) is 17.1 Å². The highest BCUT2D eigenvalue weighted by Gasteiger charge is 2.37. The first-order valence-corrected chi connectivity index (χ1v) is 10.8. The van der Waals surface area contributed by atoms with Crippen molar-refractivity contribution in [3.8, 4) is 6.07 Å². The molecule has 0 bridgehead atoms. The number of carbonyl (C=O) groups is 1. The minimum Gasteiger partial charge on any atom is -0.422 e. The molecule has 1 amide bonds. The van der Waals surface area contributed by atoms with E-state index in [0.717, 1.165) is 44.0 Å². The van der Waals surface area contributed by atoms with Gasteiger partial charge in [0, 0.05) is 17.9 Å². The zero-order valence-electron chi connectivity index (χ0n) is 17.6. The molecule has 0 saturated carbocycles. The lowest BCUT2D eigenvalue weighted by Gasteiger charge is -2.45. The second-order valence-corrected chi connectivity index (χ2v) is 8.15. The molecule has 1 aromatic rings. The summed E-state index contributed by atoms with van der Waals surface area (Å²) in [6.45, 7) is 4.02. The van der Waals surface area contributed by atoms with E-state index in [1.165, 1.54) is 11.6 Å². The molecule has 8 nitrogen and oxygen atoms in total. The molecule has 3 aliphatic rings. The number of piperidine rings is 2. The van der Waals surface area contributed by atoms with Crippen LogP contribution < -0.4 is 21.6 Å². The Kier molecular flexibility index (Phi) is 6.37. The number of hydrogen-bond acceptors (Lipinski definition) is 7. The van der Waals surface area contributed by atoms with Crippen molar-refractivity contribution in [1.29, 1.82) is 5.26 Å². The standard InChI is InChI=1S/C23H27N3O5/c1-2-30-19(27)13-25-22(28)17(12-24)11-16-10-15-9-14-5-3-7-26-8-4-6-18(20(14)26)21(15)31-23(16)29/h9-11,14,19-20,27H,2-8,13H2,1H3,(H,25,28). The first-order valence-electron chi connectivity index (χ1n) is 10.8. The second kappa shape index (κ2) is 9.18. The van der Waals surface area contributed by atoms with Gasteiger partial charge in [-0.1, -0.05) is 6.08 Å². The third kappa shape index (κ3) is 4.35. The van der Waals surface area contributed by atoms with E-state index >= 15 is 0 Å². The van der Waals surface area contributed by atoms with Crippen LogP contribution in [0.3, 0.4) is 0 Å². The van der Waals surface area contributed by atoms with E-state index in [9.17, 15) is 20.0 Å².